The molecule has 6 heteroatoms. The van der Waals surface area contributed by atoms with Crippen molar-refractivity contribution in [3.05, 3.63) is 40.5 Å². The molecular weight excluding hydrogens is 266 g/mol. The van der Waals surface area contributed by atoms with Crippen LogP contribution in [0.3, 0.4) is 0 Å². The zero-order valence-corrected chi connectivity index (χ0v) is 11.6. The smallest absolute Gasteiger partial charge is 0.226 e. The summed E-state index contributed by atoms with van der Waals surface area (Å²) < 4.78 is 10.7. The quantitative estimate of drug-likeness (QED) is 0.912. The van der Waals surface area contributed by atoms with Crippen LogP contribution < -0.4 is 10.5 Å². The molecule has 0 aliphatic rings. The second kappa shape index (κ2) is 6.04. The van der Waals surface area contributed by atoms with E-state index in [9.17, 15) is 0 Å². The van der Waals surface area contributed by atoms with Gasteiger partial charge >= 0.3 is 0 Å². The average molecular weight is 282 g/mol. The van der Waals surface area contributed by atoms with E-state index in [1.807, 2.05) is 13.8 Å². The van der Waals surface area contributed by atoms with Crippen molar-refractivity contribution in [1.29, 1.82) is 0 Å². The lowest BCUT2D eigenvalue weighted by Gasteiger charge is -2.13. The lowest BCUT2D eigenvalue weighted by Crippen LogP contribution is -2.08. The summed E-state index contributed by atoms with van der Waals surface area (Å²) in [6, 6.07) is 5.19. The molecule has 0 bridgehead atoms. The van der Waals surface area contributed by atoms with E-state index in [4.69, 9.17) is 26.6 Å². The standard InChI is InChI=1S/C13H16ClN3O2/c1-3-13-16-12(17-19-13)7-18-11-5-4-9(14)6-10(11)8(2)15/h4-6,8H,3,7,15H2,1-2H3/t8-/m0/s1. The number of nitrogens with two attached hydrogens (primary N) is 1. The summed E-state index contributed by atoms with van der Waals surface area (Å²) in [4.78, 5) is 4.18. The highest BCUT2D eigenvalue weighted by Crippen LogP contribution is 2.27. The summed E-state index contributed by atoms with van der Waals surface area (Å²) in [5.74, 6) is 1.80. The highest BCUT2D eigenvalue weighted by Gasteiger charge is 2.11. The van der Waals surface area contributed by atoms with Gasteiger partial charge in [-0.05, 0) is 25.1 Å². The van der Waals surface area contributed by atoms with Crippen LogP contribution in [0.15, 0.2) is 22.7 Å². The first-order chi connectivity index (χ1) is 9.10. The van der Waals surface area contributed by atoms with Crippen LogP contribution in [-0.2, 0) is 13.0 Å². The number of aryl methyl sites for hydroxylation is 1. The van der Waals surface area contributed by atoms with Crippen LogP contribution in [0.2, 0.25) is 5.02 Å². The maximum atomic E-state index is 5.95. The van der Waals surface area contributed by atoms with E-state index < -0.39 is 0 Å². The SMILES string of the molecule is CCc1nc(COc2ccc(Cl)cc2[C@H](C)N)no1. The minimum absolute atomic E-state index is 0.162. The van der Waals surface area contributed by atoms with Gasteiger partial charge in [0.1, 0.15) is 5.75 Å². The Kier molecular flexibility index (Phi) is 4.39. The molecule has 0 aliphatic heterocycles. The largest absolute Gasteiger partial charge is 0.485 e. The van der Waals surface area contributed by atoms with Crippen LogP contribution in [0, 0.1) is 0 Å². The molecule has 0 aliphatic carbocycles. The van der Waals surface area contributed by atoms with E-state index in [1.54, 1.807) is 18.2 Å². The van der Waals surface area contributed by atoms with E-state index >= 15 is 0 Å². The van der Waals surface area contributed by atoms with Crippen LogP contribution in [0.25, 0.3) is 0 Å². The predicted octanol–water partition coefficient (Wildman–Crippen LogP) is 2.88. The lowest BCUT2D eigenvalue weighted by molar-refractivity contribution is 0.281. The third kappa shape index (κ3) is 3.45. The number of aromatic nitrogens is 2. The Balaban J connectivity index is 2.10. The lowest BCUT2D eigenvalue weighted by atomic mass is 10.1. The average Bonchev–Trinajstić information content (AvgIpc) is 2.85. The zero-order valence-electron chi connectivity index (χ0n) is 10.9. The van der Waals surface area contributed by atoms with Crippen molar-refractivity contribution < 1.29 is 9.26 Å². The number of hydrogen-bond donors (Lipinski definition) is 1. The molecular formula is C13H16ClN3O2. The summed E-state index contributed by atoms with van der Waals surface area (Å²) >= 11 is 5.95. The molecule has 2 N–H and O–H groups in total. The molecule has 0 unspecified atom stereocenters. The molecule has 1 heterocycles. The highest BCUT2D eigenvalue weighted by atomic mass is 35.5. The first-order valence-corrected chi connectivity index (χ1v) is 6.47. The van der Waals surface area contributed by atoms with Gasteiger partial charge in [-0.15, -0.1) is 0 Å². The third-order valence-corrected chi connectivity index (χ3v) is 2.87. The molecule has 1 aromatic heterocycles. The fourth-order valence-electron chi connectivity index (χ4n) is 1.64. The second-order valence-corrected chi connectivity index (χ2v) is 4.65. The van der Waals surface area contributed by atoms with E-state index in [2.05, 4.69) is 10.1 Å². The summed E-state index contributed by atoms with van der Waals surface area (Å²) in [6.07, 6.45) is 0.707. The molecule has 0 saturated heterocycles. The first kappa shape index (κ1) is 13.8. The molecule has 1 atom stereocenters. The number of nitrogens with zero attached hydrogens (tertiary/aromatic N) is 2. The van der Waals surface area contributed by atoms with Crippen LogP contribution in [-0.4, -0.2) is 10.1 Å². The Morgan fingerprint density at radius 3 is 2.89 bits per heavy atom. The summed E-state index contributed by atoms with van der Waals surface area (Å²) in [5.41, 5.74) is 6.74. The van der Waals surface area contributed by atoms with Gasteiger partial charge in [-0.1, -0.05) is 23.7 Å². The fourth-order valence-corrected chi connectivity index (χ4v) is 1.82. The van der Waals surface area contributed by atoms with Crippen LogP contribution in [0.4, 0.5) is 0 Å². The number of halogens is 1. The number of ether oxygens (including phenoxy) is 1. The Morgan fingerprint density at radius 2 is 2.26 bits per heavy atom. The second-order valence-electron chi connectivity index (χ2n) is 4.22. The minimum atomic E-state index is -0.162. The predicted molar refractivity (Wildman–Crippen MR) is 72.1 cm³/mol. The van der Waals surface area contributed by atoms with Gasteiger partial charge in [0.15, 0.2) is 6.61 Å². The van der Waals surface area contributed by atoms with Gasteiger partial charge in [0.05, 0.1) is 0 Å². The maximum absolute atomic E-state index is 5.95. The van der Waals surface area contributed by atoms with Gasteiger partial charge in [0.2, 0.25) is 11.7 Å². The van der Waals surface area contributed by atoms with Crippen molar-refractivity contribution in [1.82, 2.24) is 10.1 Å². The third-order valence-electron chi connectivity index (χ3n) is 2.63. The summed E-state index contributed by atoms with van der Waals surface area (Å²) in [7, 11) is 0. The van der Waals surface area contributed by atoms with Crippen molar-refractivity contribution in [2.45, 2.75) is 32.9 Å². The van der Waals surface area contributed by atoms with E-state index in [0.717, 1.165) is 5.56 Å². The molecule has 0 fully saturated rings. The van der Waals surface area contributed by atoms with Gasteiger partial charge in [0.25, 0.3) is 0 Å². The van der Waals surface area contributed by atoms with Gasteiger partial charge in [-0.2, -0.15) is 4.98 Å². The zero-order chi connectivity index (χ0) is 13.8. The van der Waals surface area contributed by atoms with Crippen LogP contribution in [0.5, 0.6) is 5.75 Å². The number of hydrogen-bond acceptors (Lipinski definition) is 5. The molecule has 2 aromatic rings. The Labute approximate surface area is 116 Å². The number of rotatable bonds is 5. The van der Waals surface area contributed by atoms with Gasteiger partial charge < -0.3 is 15.0 Å². The van der Waals surface area contributed by atoms with Gasteiger partial charge in [0, 0.05) is 23.0 Å². The van der Waals surface area contributed by atoms with Crippen LogP contribution >= 0.6 is 11.6 Å². The highest BCUT2D eigenvalue weighted by molar-refractivity contribution is 6.30. The molecule has 102 valence electrons. The Bertz CT molecular complexity index is 555. The van der Waals surface area contributed by atoms with Crippen molar-refractivity contribution in [3.8, 4) is 5.75 Å². The minimum Gasteiger partial charge on any atom is -0.485 e. The molecule has 1 aromatic carbocycles. The molecule has 19 heavy (non-hydrogen) atoms. The van der Waals surface area contributed by atoms with E-state index in [-0.39, 0.29) is 12.6 Å². The van der Waals surface area contributed by atoms with Gasteiger partial charge in [-0.25, -0.2) is 0 Å². The Morgan fingerprint density at radius 1 is 1.47 bits per heavy atom. The van der Waals surface area contributed by atoms with Crippen molar-refractivity contribution in [3.63, 3.8) is 0 Å². The molecule has 0 saturated carbocycles. The monoisotopic (exact) mass is 281 g/mol. The topological polar surface area (TPSA) is 74.2 Å². The van der Waals surface area contributed by atoms with Crippen molar-refractivity contribution in [2.24, 2.45) is 5.73 Å². The van der Waals surface area contributed by atoms with E-state index in [0.29, 0.717) is 28.9 Å². The normalized spacial score (nSPS) is 12.4. The molecule has 0 amide bonds. The summed E-state index contributed by atoms with van der Waals surface area (Å²) in [5, 5.41) is 4.46. The molecule has 2 rings (SSSR count). The van der Waals surface area contributed by atoms with Crippen molar-refractivity contribution >= 4 is 11.6 Å². The number of benzene rings is 1. The Hall–Kier alpha value is -1.59. The van der Waals surface area contributed by atoms with Crippen molar-refractivity contribution in [2.75, 3.05) is 0 Å². The maximum Gasteiger partial charge on any atom is 0.226 e. The van der Waals surface area contributed by atoms with Gasteiger partial charge in [-0.3, -0.25) is 0 Å². The van der Waals surface area contributed by atoms with Crippen LogP contribution in [0.1, 0.15) is 37.2 Å². The summed E-state index contributed by atoms with van der Waals surface area (Å²) in [6.45, 7) is 4.07. The molecule has 5 nitrogen and oxygen atoms in total. The van der Waals surface area contributed by atoms with E-state index in [1.165, 1.54) is 0 Å². The molecule has 0 spiro atoms. The first-order valence-electron chi connectivity index (χ1n) is 6.09. The fraction of sp³-hybridized carbons (Fsp3) is 0.385. The molecule has 0 radical (unpaired) electrons.